The molecule has 0 radical (unpaired) electrons. The summed E-state index contributed by atoms with van der Waals surface area (Å²) in [4.78, 5) is 11.3. The molecule has 0 aliphatic heterocycles. The summed E-state index contributed by atoms with van der Waals surface area (Å²) in [7, 11) is 1.56. The highest BCUT2D eigenvalue weighted by Gasteiger charge is 2.10. The number of aryl methyl sites for hydroxylation is 1. The lowest BCUT2D eigenvalue weighted by Gasteiger charge is -2.09. The molecule has 14 heavy (non-hydrogen) atoms. The number of hydrogen-bond donors (Lipinski definition) is 0. The van der Waals surface area contributed by atoms with Gasteiger partial charge in [0.2, 0.25) is 0 Å². The maximum atomic E-state index is 11.3. The van der Waals surface area contributed by atoms with Gasteiger partial charge in [-0.1, -0.05) is 18.5 Å². The van der Waals surface area contributed by atoms with Gasteiger partial charge >= 0.3 is 0 Å². The Morgan fingerprint density at radius 3 is 2.57 bits per heavy atom. The van der Waals surface area contributed by atoms with Crippen molar-refractivity contribution >= 4 is 17.4 Å². The van der Waals surface area contributed by atoms with Gasteiger partial charge in [0, 0.05) is 5.56 Å². The second kappa shape index (κ2) is 4.47. The van der Waals surface area contributed by atoms with Crippen LogP contribution < -0.4 is 4.74 Å². The van der Waals surface area contributed by atoms with Crippen molar-refractivity contribution in [1.29, 1.82) is 0 Å². The van der Waals surface area contributed by atoms with E-state index in [1.165, 1.54) is 6.92 Å². The molecule has 1 aromatic rings. The molecule has 0 heterocycles. The molecule has 0 saturated heterocycles. The summed E-state index contributed by atoms with van der Waals surface area (Å²) in [6.45, 7) is 3.53. The van der Waals surface area contributed by atoms with Crippen LogP contribution in [0.25, 0.3) is 0 Å². The Morgan fingerprint density at radius 2 is 2.14 bits per heavy atom. The first-order valence-electron chi connectivity index (χ1n) is 4.47. The summed E-state index contributed by atoms with van der Waals surface area (Å²) < 4.78 is 5.08. The maximum Gasteiger partial charge on any atom is 0.160 e. The molecule has 0 unspecified atom stereocenters. The molecule has 0 aliphatic rings. The third kappa shape index (κ3) is 2.07. The first kappa shape index (κ1) is 11.1. The molecule has 2 nitrogen and oxygen atoms in total. The van der Waals surface area contributed by atoms with Crippen LogP contribution in [-0.2, 0) is 6.42 Å². The zero-order chi connectivity index (χ0) is 10.7. The third-order valence-corrected chi connectivity index (χ3v) is 2.43. The maximum absolute atomic E-state index is 11.3. The summed E-state index contributed by atoms with van der Waals surface area (Å²) in [5, 5.41) is 0.481. The molecule has 0 aliphatic carbocycles. The molecule has 0 atom stereocenters. The Balaban J connectivity index is 3.31. The van der Waals surface area contributed by atoms with Crippen LogP contribution in [0.5, 0.6) is 5.75 Å². The van der Waals surface area contributed by atoms with Crippen LogP contribution >= 0.6 is 11.6 Å². The normalized spacial score (nSPS) is 10.0. The fraction of sp³-hybridized carbons (Fsp3) is 0.364. The van der Waals surface area contributed by atoms with E-state index in [1.807, 2.05) is 13.0 Å². The van der Waals surface area contributed by atoms with Crippen LogP contribution in [-0.4, -0.2) is 12.9 Å². The molecular formula is C11H13ClO2. The molecular weight excluding hydrogens is 200 g/mol. The molecule has 0 fully saturated rings. The number of methoxy groups -OCH3 is 1. The van der Waals surface area contributed by atoms with E-state index in [-0.39, 0.29) is 5.78 Å². The summed E-state index contributed by atoms with van der Waals surface area (Å²) >= 11 is 5.93. The lowest BCUT2D eigenvalue weighted by molar-refractivity contribution is 0.101. The summed E-state index contributed by atoms with van der Waals surface area (Å²) in [6, 6.07) is 3.49. The van der Waals surface area contributed by atoms with Gasteiger partial charge in [-0.15, -0.1) is 0 Å². The highest BCUT2D eigenvalue weighted by Crippen LogP contribution is 2.28. The Hall–Kier alpha value is -1.02. The van der Waals surface area contributed by atoms with E-state index in [9.17, 15) is 4.79 Å². The minimum Gasteiger partial charge on any atom is -0.495 e. The van der Waals surface area contributed by atoms with Crippen molar-refractivity contribution in [2.45, 2.75) is 20.3 Å². The van der Waals surface area contributed by atoms with Gasteiger partial charge in [-0.2, -0.15) is 0 Å². The van der Waals surface area contributed by atoms with Crippen molar-refractivity contribution in [3.63, 3.8) is 0 Å². The predicted octanol–water partition coefficient (Wildman–Crippen LogP) is 3.11. The number of ether oxygens (including phenoxy) is 1. The van der Waals surface area contributed by atoms with Crippen LogP contribution in [0, 0.1) is 0 Å². The number of hydrogen-bond acceptors (Lipinski definition) is 2. The van der Waals surface area contributed by atoms with E-state index >= 15 is 0 Å². The van der Waals surface area contributed by atoms with Crippen LogP contribution in [0.3, 0.4) is 0 Å². The van der Waals surface area contributed by atoms with E-state index in [2.05, 4.69) is 0 Å². The summed E-state index contributed by atoms with van der Waals surface area (Å²) in [6.07, 6.45) is 0.794. The van der Waals surface area contributed by atoms with Gasteiger partial charge in [0.15, 0.2) is 5.78 Å². The predicted molar refractivity (Wildman–Crippen MR) is 57.4 cm³/mol. The monoisotopic (exact) mass is 212 g/mol. The highest BCUT2D eigenvalue weighted by molar-refractivity contribution is 6.32. The van der Waals surface area contributed by atoms with Crippen molar-refractivity contribution < 1.29 is 9.53 Å². The molecule has 0 bridgehead atoms. The number of benzene rings is 1. The van der Waals surface area contributed by atoms with Crippen molar-refractivity contribution in [2.24, 2.45) is 0 Å². The molecule has 0 aromatic heterocycles. The summed E-state index contributed by atoms with van der Waals surface area (Å²) in [5.74, 6) is 0.653. The van der Waals surface area contributed by atoms with E-state index in [1.54, 1.807) is 13.2 Å². The fourth-order valence-corrected chi connectivity index (χ4v) is 1.61. The van der Waals surface area contributed by atoms with E-state index in [0.29, 0.717) is 16.3 Å². The minimum atomic E-state index is 0.0337. The molecule has 3 heteroatoms. The molecule has 76 valence electrons. The first-order chi connectivity index (χ1) is 6.60. The lowest BCUT2D eigenvalue weighted by atomic mass is 10.0. The van der Waals surface area contributed by atoms with E-state index < -0.39 is 0 Å². The molecule has 0 N–H and O–H groups in total. The SMILES string of the molecule is CCc1cc(OC)c(Cl)cc1C(C)=O. The Kier molecular flexibility index (Phi) is 3.53. The number of ketones is 1. The number of halogens is 1. The minimum absolute atomic E-state index is 0.0337. The zero-order valence-electron chi connectivity index (χ0n) is 8.56. The van der Waals surface area contributed by atoms with Gasteiger partial charge < -0.3 is 4.74 Å². The van der Waals surface area contributed by atoms with Crippen LogP contribution in [0.4, 0.5) is 0 Å². The zero-order valence-corrected chi connectivity index (χ0v) is 9.31. The average Bonchev–Trinajstić information content (AvgIpc) is 2.17. The van der Waals surface area contributed by atoms with Crippen LogP contribution in [0.15, 0.2) is 12.1 Å². The van der Waals surface area contributed by atoms with Gasteiger partial charge in [0.05, 0.1) is 12.1 Å². The van der Waals surface area contributed by atoms with Crippen molar-refractivity contribution in [1.82, 2.24) is 0 Å². The van der Waals surface area contributed by atoms with E-state index in [0.717, 1.165) is 12.0 Å². The number of carbonyl (C=O) groups is 1. The Labute approximate surface area is 88.8 Å². The number of carbonyl (C=O) groups excluding carboxylic acids is 1. The summed E-state index contributed by atoms with van der Waals surface area (Å²) in [5.41, 5.74) is 1.65. The Morgan fingerprint density at radius 1 is 1.50 bits per heavy atom. The second-order valence-corrected chi connectivity index (χ2v) is 3.46. The number of rotatable bonds is 3. The molecule has 0 saturated carbocycles. The standard InChI is InChI=1S/C11H13ClO2/c1-4-8-5-11(14-3)10(12)6-9(8)7(2)13/h5-6H,4H2,1-3H3. The molecule has 0 spiro atoms. The van der Waals surface area contributed by atoms with Crippen LogP contribution in [0.1, 0.15) is 29.8 Å². The molecule has 1 rings (SSSR count). The number of Topliss-reactive ketones (excluding diaryl/α,β-unsaturated/α-hetero) is 1. The second-order valence-electron chi connectivity index (χ2n) is 3.05. The van der Waals surface area contributed by atoms with Gasteiger partial charge in [-0.25, -0.2) is 0 Å². The fourth-order valence-electron chi connectivity index (χ4n) is 1.37. The smallest absolute Gasteiger partial charge is 0.160 e. The third-order valence-electron chi connectivity index (χ3n) is 2.14. The van der Waals surface area contributed by atoms with Gasteiger partial charge in [0.1, 0.15) is 5.75 Å². The average molecular weight is 213 g/mol. The quantitative estimate of drug-likeness (QED) is 0.720. The largest absolute Gasteiger partial charge is 0.495 e. The molecule has 0 amide bonds. The van der Waals surface area contributed by atoms with Gasteiger partial charge in [0.25, 0.3) is 0 Å². The van der Waals surface area contributed by atoms with Crippen molar-refractivity contribution in [3.8, 4) is 5.75 Å². The van der Waals surface area contributed by atoms with Crippen LogP contribution in [0.2, 0.25) is 5.02 Å². The van der Waals surface area contributed by atoms with Crippen molar-refractivity contribution in [2.75, 3.05) is 7.11 Å². The van der Waals surface area contributed by atoms with Gasteiger partial charge in [-0.3, -0.25) is 4.79 Å². The Bertz CT molecular complexity index is 359. The first-order valence-corrected chi connectivity index (χ1v) is 4.85. The van der Waals surface area contributed by atoms with E-state index in [4.69, 9.17) is 16.3 Å². The lowest BCUT2D eigenvalue weighted by Crippen LogP contribution is -2.00. The topological polar surface area (TPSA) is 26.3 Å². The van der Waals surface area contributed by atoms with Crippen molar-refractivity contribution in [3.05, 3.63) is 28.3 Å². The molecule has 1 aromatic carbocycles. The van der Waals surface area contributed by atoms with Gasteiger partial charge in [-0.05, 0) is 31.0 Å². The highest BCUT2D eigenvalue weighted by atomic mass is 35.5.